The highest BCUT2D eigenvalue weighted by Crippen LogP contribution is 2.30. The second kappa shape index (κ2) is 13.0. The molecule has 10 heteroatoms. The number of halogens is 2. The average Bonchev–Trinajstić information content (AvgIpc) is 2.91. The van der Waals surface area contributed by atoms with E-state index in [-0.39, 0.29) is 43.3 Å². The van der Waals surface area contributed by atoms with Gasteiger partial charge < -0.3 is 15.1 Å². The van der Waals surface area contributed by atoms with Gasteiger partial charge in [-0.1, -0.05) is 66.1 Å². The van der Waals surface area contributed by atoms with E-state index in [1.807, 2.05) is 4.90 Å². The SMILES string of the molecule is CCCC[C@H]1C(=O)N(CCC2=CCCCC2)C[C@H]2N1C(=O)CN(CI)N2C(=O)NCc1ccc(F)cc1. The highest BCUT2D eigenvalue weighted by atomic mass is 127. The lowest BCUT2D eigenvalue weighted by molar-refractivity contribution is -0.187. The van der Waals surface area contributed by atoms with Gasteiger partial charge in [-0.15, -0.1) is 0 Å². The number of benzene rings is 1. The third-order valence-electron chi connectivity index (χ3n) is 7.45. The van der Waals surface area contributed by atoms with Crippen LogP contribution >= 0.6 is 22.6 Å². The molecule has 0 bridgehead atoms. The lowest BCUT2D eigenvalue weighted by atomic mass is 9.96. The molecule has 37 heavy (non-hydrogen) atoms. The summed E-state index contributed by atoms with van der Waals surface area (Å²) in [5.74, 6) is -0.456. The number of fused-ring (bicyclic) bond motifs is 1. The minimum atomic E-state index is -0.566. The zero-order chi connectivity index (χ0) is 26.4. The molecule has 1 aromatic rings. The fraction of sp³-hybridized carbons (Fsp3) is 0.593. The normalized spacial score (nSPS) is 22.7. The van der Waals surface area contributed by atoms with Gasteiger partial charge in [0.25, 0.3) is 0 Å². The predicted octanol–water partition coefficient (Wildman–Crippen LogP) is 4.41. The van der Waals surface area contributed by atoms with Gasteiger partial charge in [-0.3, -0.25) is 9.59 Å². The van der Waals surface area contributed by atoms with Crippen LogP contribution in [-0.2, 0) is 16.1 Å². The predicted molar refractivity (Wildman–Crippen MR) is 148 cm³/mol. The minimum absolute atomic E-state index is 0.0101. The monoisotopic (exact) mass is 625 g/mol. The van der Waals surface area contributed by atoms with E-state index in [0.717, 1.165) is 37.7 Å². The lowest BCUT2D eigenvalue weighted by Gasteiger charge is -2.55. The Morgan fingerprint density at radius 2 is 1.97 bits per heavy atom. The van der Waals surface area contributed by atoms with Gasteiger partial charge >= 0.3 is 6.03 Å². The maximum Gasteiger partial charge on any atom is 0.334 e. The van der Waals surface area contributed by atoms with Crippen LogP contribution in [0.1, 0.15) is 63.9 Å². The Morgan fingerprint density at radius 3 is 2.65 bits per heavy atom. The van der Waals surface area contributed by atoms with Crippen molar-refractivity contribution in [2.75, 3.05) is 24.2 Å². The van der Waals surface area contributed by atoms with E-state index in [1.165, 1.54) is 30.5 Å². The summed E-state index contributed by atoms with van der Waals surface area (Å²) >= 11 is 2.16. The van der Waals surface area contributed by atoms with Crippen LogP contribution < -0.4 is 5.32 Å². The number of hydrazine groups is 1. The molecule has 0 radical (unpaired) electrons. The van der Waals surface area contributed by atoms with Crippen molar-refractivity contribution in [1.29, 1.82) is 0 Å². The zero-order valence-corrected chi connectivity index (χ0v) is 23.7. The molecule has 202 valence electrons. The van der Waals surface area contributed by atoms with Crippen molar-refractivity contribution in [2.24, 2.45) is 0 Å². The fourth-order valence-corrected chi connectivity index (χ4v) is 6.02. The number of alkyl halides is 1. The van der Waals surface area contributed by atoms with E-state index in [4.69, 9.17) is 0 Å². The lowest BCUT2D eigenvalue weighted by Crippen LogP contribution is -2.76. The van der Waals surface area contributed by atoms with E-state index in [9.17, 15) is 18.8 Å². The van der Waals surface area contributed by atoms with Crippen LogP contribution in [0.5, 0.6) is 0 Å². The Kier molecular flexibility index (Phi) is 9.80. The number of carbonyl (C=O) groups excluding carboxylic acids is 3. The largest absolute Gasteiger partial charge is 0.337 e. The molecule has 2 atom stereocenters. The summed E-state index contributed by atoms with van der Waals surface area (Å²) in [6.07, 6.45) is 9.50. The van der Waals surface area contributed by atoms with Crippen molar-refractivity contribution in [3.63, 3.8) is 0 Å². The summed E-state index contributed by atoms with van der Waals surface area (Å²) in [4.78, 5) is 44.0. The van der Waals surface area contributed by atoms with Crippen LogP contribution in [0.3, 0.4) is 0 Å². The number of hydrogen-bond acceptors (Lipinski definition) is 4. The summed E-state index contributed by atoms with van der Waals surface area (Å²) in [5.41, 5.74) is 2.18. The van der Waals surface area contributed by atoms with Gasteiger partial charge in [0.05, 0.1) is 17.6 Å². The molecule has 0 spiro atoms. The molecule has 1 aliphatic carbocycles. The highest BCUT2D eigenvalue weighted by molar-refractivity contribution is 14.1. The van der Waals surface area contributed by atoms with Gasteiger partial charge in [0.1, 0.15) is 18.0 Å². The maximum absolute atomic E-state index is 13.6. The number of nitrogens with zero attached hydrogens (tertiary/aromatic N) is 4. The van der Waals surface area contributed by atoms with Gasteiger partial charge in [0, 0.05) is 13.1 Å². The Hall–Kier alpha value is -2.21. The number of allylic oxidation sites excluding steroid dienone is 1. The van der Waals surface area contributed by atoms with Crippen LogP contribution in [0.2, 0.25) is 0 Å². The molecule has 2 heterocycles. The van der Waals surface area contributed by atoms with E-state index in [1.54, 1.807) is 27.1 Å². The van der Waals surface area contributed by atoms with Crippen molar-refractivity contribution in [3.05, 3.63) is 47.3 Å². The third kappa shape index (κ3) is 6.63. The molecule has 2 fully saturated rings. The smallest absolute Gasteiger partial charge is 0.334 e. The van der Waals surface area contributed by atoms with Crippen LogP contribution in [0.25, 0.3) is 0 Å². The summed E-state index contributed by atoms with van der Waals surface area (Å²) in [7, 11) is 0. The molecule has 0 saturated carbocycles. The van der Waals surface area contributed by atoms with Crippen LogP contribution in [0, 0.1) is 5.82 Å². The molecule has 4 rings (SSSR count). The summed E-state index contributed by atoms with van der Waals surface area (Å²) in [6, 6.07) is 5.12. The average molecular weight is 626 g/mol. The molecule has 2 aliphatic heterocycles. The maximum atomic E-state index is 13.6. The van der Waals surface area contributed by atoms with Crippen LogP contribution in [0.4, 0.5) is 9.18 Å². The molecule has 2 saturated heterocycles. The second-order valence-electron chi connectivity index (χ2n) is 10.00. The Balaban J connectivity index is 1.56. The molecule has 1 N–H and O–H groups in total. The standard InChI is InChI=1S/C27H37FIN5O3/c1-2-3-9-23-26(36)31(15-14-20-7-5-4-6-8-20)17-24-33(23)25(35)18-32(19-29)34(24)27(37)30-16-21-10-12-22(28)13-11-21/h7,10-13,23-24H,2-6,8-9,14-19H2,1H3,(H,30,37)/t23-,24-/m0/s1. The number of amides is 4. The van der Waals surface area contributed by atoms with Crippen LogP contribution in [-0.4, -0.2) is 74.1 Å². The van der Waals surface area contributed by atoms with Crippen molar-refractivity contribution in [1.82, 2.24) is 25.1 Å². The first-order chi connectivity index (χ1) is 17.9. The van der Waals surface area contributed by atoms with Crippen molar-refractivity contribution >= 4 is 40.4 Å². The number of nitrogens with one attached hydrogen (secondary N) is 1. The van der Waals surface area contributed by atoms with Crippen molar-refractivity contribution < 1.29 is 18.8 Å². The van der Waals surface area contributed by atoms with Gasteiger partial charge in [0.15, 0.2) is 0 Å². The van der Waals surface area contributed by atoms with E-state index in [2.05, 4.69) is 40.9 Å². The first-order valence-electron chi connectivity index (χ1n) is 13.3. The van der Waals surface area contributed by atoms with Gasteiger partial charge in [-0.25, -0.2) is 14.2 Å². The molecule has 3 aliphatic rings. The summed E-state index contributed by atoms with van der Waals surface area (Å²) in [6.45, 7) is 3.25. The first kappa shape index (κ1) is 27.8. The van der Waals surface area contributed by atoms with E-state index >= 15 is 0 Å². The molecular weight excluding hydrogens is 588 g/mol. The summed E-state index contributed by atoms with van der Waals surface area (Å²) in [5, 5.41) is 6.31. The Morgan fingerprint density at radius 1 is 1.19 bits per heavy atom. The molecular formula is C27H37FIN5O3. The molecule has 4 amide bonds. The highest BCUT2D eigenvalue weighted by Gasteiger charge is 2.50. The van der Waals surface area contributed by atoms with Crippen LogP contribution in [0.15, 0.2) is 35.9 Å². The van der Waals surface area contributed by atoms with E-state index < -0.39 is 12.2 Å². The molecule has 8 nitrogen and oxygen atoms in total. The topological polar surface area (TPSA) is 76.2 Å². The minimum Gasteiger partial charge on any atom is -0.337 e. The quantitative estimate of drug-likeness (QED) is 0.191. The third-order valence-corrected chi connectivity index (χ3v) is 8.24. The molecule has 0 aromatic heterocycles. The summed E-state index contributed by atoms with van der Waals surface area (Å²) < 4.78 is 13.8. The number of urea groups is 1. The Bertz CT molecular complexity index is 1000. The number of carbonyl (C=O) groups is 3. The number of rotatable bonds is 9. The number of piperazine rings is 1. The molecule has 1 aromatic carbocycles. The van der Waals surface area contributed by atoms with E-state index in [0.29, 0.717) is 17.5 Å². The fourth-order valence-electron chi connectivity index (χ4n) is 5.45. The van der Waals surface area contributed by atoms with Crippen molar-refractivity contribution in [2.45, 2.75) is 77.0 Å². The van der Waals surface area contributed by atoms with Gasteiger partial charge in [-0.05, 0) is 56.2 Å². The Labute approximate surface area is 232 Å². The first-order valence-corrected chi connectivity index (χ1v) is 14.9. The number of unbranched alkanes of at least 4 members (excludes halogenated alkanes) is 1. The molecule has 0 unspecified atom stereocenters. The van der Waals surface area contributed by atoms with Gasteiger partial charge in [-0.2, -0.15) is 5.01 Å². The zero-order valence-electron chi connectivity index (χ0n) is 21.5. The second-order valence-corrected chi connectivity index (χ2v) is 10.7. The van der Waals surface area contributed by atoms with Crippen molar-refractivity contribution in [3.8, 4) is 0 Å². The number of hydrogen-bond donors (Lipinski definition) is 1. The van der Waals surface area contributed by atoms with Gasteiger partial charge in [0.2, 0.25) is 11.8 Å².